The number of nitrogens with two attached hydrogens (primary N) is 1. The van der Waals surface area contributed by atoms with E-state index in [4.69, 9.17) is 32.7 Å². The third-order valence-electron chi connectivity index (χ3n) is 3.04. The van der Waals surface area contributed by atoms with E-state index in [9.17, 15) is 4.79 Å². The van der Waals surface area contributed by atoms with Crippen molar-refractivity contribution in [3.63, 3.8) is 0 Å². The SMILES string of the molecule is Cc1cc(C(=O)O)ccc1-c1ccc(/C=C(/C#N)C(N)=S)o1. The van der Waals surface area contributed by atoms with Gasteiger partial charge in [-0.2, -0.15) is 5.26 Å². The number of furan rings is 1. The zero-order valence-corrected chi connectivity index (χ0v) is 12.5. The first kappa shape index (κ1) is 15.5. The van der Waals surface area contributed by atoms with Crippen molar-refractivity contribution in [1.82, 2.24) is 0 Å². The minimum absolute atomic E-state index is 0.00226. The molecular formula is C16H12N2O3S. The molecule has 0 aliphatic rings. The third kappa shape index (κ3) is 3.22. The Balaban J connectivity index is 2.39. The largest absolute Gasteiger partial charge is 0.478 e. The Morgan fingerprint density at radius 2 is 2.14 bits per heavy atom. The summed E-state index contributed by atoms with van der Waals surface area (Å²) < 4.78 is 5.64. The van der Waals surface area contributed by atoms with Gasteiger partial charge in [-0.25, -0.2) is 4.79 Å². The topological polar surface area (TPSA) is 100 Å². The summed E-state index contributed by atoms with van der Waals surface area (Å²) in [5.74, 6) is 0.0369. The smallest absolute Gasteiger partial charge is 0.335 e. The van der Waals surface area contributed by atoms with E-state index in [1.54, 1.807) is 31.2 Å². The number of carboxylic acids is 1. The maximum absolute atomic E-state index is 10.9. The Labute approximate surface area is 132 Å². The normalized spacial score (nSPS) is 11.0. The number of hydrogen-bond donors (Lipinski definition) is 2. The molecule has 2 aromatic rings. The minimum atomic E-state index is -0.979. The van der Waals surface area contributed by atoms with Crippen LogP contribution in [0.2, 0.25) is 0 Å². The highest BCUT2D eigenvalue weighted by atomic mass is 32.1. The van der Waals surface area contributed by atoms with Crippen molar-refractivity contribution < 1.29 is 14.3 Å². The van der Waals surface area contributed by atoms with Crippen LogP contribution in [0.5, 0.6) is 0 Å². The molecule has 3 N–H and O–H groups in total. The predicted molar refractivity (Wildman–Crippen MR) is 86.2 cm³/mol. The van der Waals surface area contributed by atoms with Crippen LogP contribution in [-0.4, -0.2) is 16.1 Å². The molecule has 1 heterocycles. The van der Waals surface area contributed by atoms with Crippen LogP contribution in [0.3, 0.4) is 0 Å². The number of benzene rings is 1. The molecule has 1 aromatic heterocycles. The number of nitrogens with zero attached hydrogens (tertiary/aromatic N) is 1. The molecule has 2 rings (SSSR count). The maximum Gasteiger partial charge on any atom is 0.335 e. The first-order chi connectivity index (χ1) is 10.4. The first-order valence-corrected chi connectivity index (χ1v) is 6.69. The number of thiocarbonyl (C=S) groups is 1. The summed E-state index contributed by atoms with van der Waals surface area (Å²) in [6.07, 6.45) is 1.47. The Morgan fingerprint density at radius 1 is 1.41 bits per heavy atom. The lowest BCUT2D eigenvalue weighted by Gasteiger charge is -2.04. The van der Waals surface area contributed by atoms with Crippen molar-refractivity contribution in [3.05, 3.63) is 52.8 Å². The number of nitriles is 1. The summed E-state index contributed by atoms with van der Waals surface area (Å²) in [5, 5.41) is 17.9. The average molecular weight is 312 g/mol. The molecule has 0 aliphatic heterocycles. The Hall–Kier alpha value is -2.91. The molecule has 0 fully saturated rings. The van der Waals surface area contributed by atoms with Gasteiger partial charge in [-0.05, 0) is 36.8 Å². The van der Waals surface area contributed by atoms with E-state index in [1.165, 1.54) is 12.1 Å². The number of aryl methyl sites for hydroxylation is 1. The number of aromatic carboxylic acids is 1. The monoisotopic (exact) mass is 312 g/mol. The molecule has 0 saturated carbocycles. The van der Waals surface area contributed by atoms with Crippen molar-refractivity contribution in [3.8, 4) is 17.4 Å². The fourth-order valence-corrected chi connectivity index (χ4v) is 2.05. The second-order valence-corrected chi connectivity index (χ2v) is 5.01. The summed E-state index contributed by atoms with van der Waals surface area (Å²) in [4.78, 5) is 10.9. The fourth-order valence-electron chi connectivity index (χ4n) is 1.95. The molecule has 0 atom stereocenters. The van der Waals surface area contributed by atoms with Crippen LogP contribution < -0.4 is 5.73 Å². The maximum atomic E-state index is 10.9. The van der Waals surface area contributed by atoms with Crippen LogP contribution in [0.1, 0.15) is 21.7 Å². The van der Waals surface area contributed by atoms with Gasteiger partial charge in [-0.15, -0.1) is 0 Å². The molecule has 0 bridgehead atoms. The molecule has 0 radical (unpaired) electrons. The van der Waals surface area contributed by atoms with Crippen LogP contribution in [0, 0.1) is 18.3 Å². The highest BCUT2D eigenvalue weighted by Crippen LogP contribution is 2.27. The summed E-state index contributed by atoms with van der Waals surface area (Å²) >= 11 is 4.76. The molecule has 22 heavy (non-hydrogen) atoms. The number of carbonyl (C=O) groups is 1. The predicted octanol–water partition coefficient (Wildman–Crippen LogP) is 3.15. The average Bonchev–Trinajstić information content (AvgIpc) is 2.92. The minimum Gasteiger partial charge on any atom is -0.478 e. The van der Waals surface area contributed by atoms with E-state index in [1.807, 2.05) is 6.07 Å². The van der Waals surface area contributed by atoms with Gasteiger partial charge in [0.2, 0.25) is 0 Å². The van der Waals surface area contributed by atoms with Crippen LogP contribution >= 0.6 is 12.2 Å². The van der Waals surface area contributed by atoms with Gasteiger partial charge >= 0.3 is 5.97 Å². The molecule has 0 saturated heterocycles. The van der Waals surface area contributed by atoms with Gasteiger partial charge < -0.3 is 15.3 Å². The quantitative estimate of drug-likeness (QED) is 0.511. The van der Waals surface area contributed by atoms with Crippen molar-refractivity contribution in [2.75, 3.05) is 0 Å². The van der Waals surface area contributed by atoms with E-state index >= 15 is 0 Å². The highest BCUT2D eigenvalue weighted by molar-refractivity contribution is 7.80. The van der Waals surface area contributed by atoms with E-state index in [0.717, 1.165) is 11.1 Å². The summed E-state index contributed by atoms with van der Waals surface area (Å²) in [6.45, 7) is 1.80. The van der Waals surface area contributed by atoms with Gasteiger partial charge in [0.15, 0.2) is 0 Å². The second kappa shape index (κ2) is 6.24. The lowest BCUT2D eigenvalue weighted by Crippen LogP contribution is -2.09. The molecule has 0 unspecified atom stereocenters. The lowest BCUT2D eigenvalue weighted by molar-refractivity contribution is 0.0697. The fraction of sp³-hybridized carbons (Fsp3) is 0.0625. The number of hydrogen-bond acceptors (Lipinski definition) is 4. The molecule has 0 spiro atoms. The zero-order valence-electron chi connectivity index (χ0n) is 11.7. The van der Waals surface area contributed by atoms with E-state index in [2.05, 4.69) is 0 Å². The second-order valence-electron chi connectivity index (χ2n) is 4.57. The molecular weight excluding hydrogens is 300 g/mol. The molecule has 0 amide bonds. The summed E-state index contributed by atoms with van der Waals surface area (Å²) in [6, 6.07) is 10.1. The molecule has 0 aliphatic carbocycles. The summed E-state index contributed by atoms with van der Waals surface area (Å²) in [7, 11) is 0. The number of rotatable bonds is 4. The first-order valence-electron chi connectivity index (χ1n) is 6.28. The van der Waals surface area contributed by atoms with Gasteiger partial charge in [0.1, 0.15) is 22.6 Å². The van der Waals surface area contributed by atoms with E-state index < -0.39 is 5.97 Å². The zero-order chi connectivity index (χ0) is 16.3. The molecule has 5 nitrogen and oxygen atoms in total. The van der Waals surface area contributed by atoms with Gasteiger partial charge in [-0.3, -0.25) is 0 Å². The van der Waals surface area contributed by atoms with Gasteiger partial charge in [0.05, 0.1) is 11.1 Å². The summed E-state index contributed by atoms with van der Waals surface area (Å²) in [5.41, 5.74) is 7.36. The molecule has 1 aromatic carbocycles. The Kier molecular flexibility index (Phi) is 4.39. The van der Waals surface area contributed by atoms with Crippen LogP contribution in [0.15, 0.2) is 40.3 Å². The van der Waals surface area contributed by atoms with Crippen molar-refractivity contribution >= 4 is 29.3 Å². The Bertz CT molecular complexity index is 828. The van der Waals surface area contributed by atoms with Gasteiger partial charge in [0.25, 0.3) is 0 Å². The third-order valence-corrected chi connectivity index (χ3v) is 3.26. The lowest BCUT2D eigenvalue weighted by atomic mass is 10.0. The van der Waals surface area contributed by atoms with Crippen LogP contribution in [0.4, 0.5) is 0 Å². The van der Waals surface area contributed by atoms with Crippen LogP contribution in [0.25, 0.3) is 17.4 Å². The molecule has 6 heteroatoms. The van der Waals surface area contributed by atoms with Crippen molar-refractivity contribution in [1.29, 1.82) is 5.26 Å². The Morgan fingerprint density at radius 3 is 2.68 bits per heavy atom. The van der Waals surface area contributed by atoms with Crippen molar-refractivity contribution in [2.45, 2.75) is 6.92 Å². The van der Waals surface area contributed by atoms with Crippen LogP contribution in [-0.2, 0) is 0 Å². The number of carboxylic acid groups (broad SMARTS) is 1. The standard InChI is InChI=1S/C16H12N2O3S/c1-9-6-10(16(19)20)2-4-13(9)14-5-3-12(21-14)7-11(8-17)15(18)22/h2-7H,1H3,(H2,18,22)(H,19,20)/b11-7-. The molecule has 110 valence electrons. The van der Waals surface area contributed by atoms with E-state index in [0.29, 0.717) is 11.5 Å². The van der Waals surface area contributed by atoms with Crippen molar-refractivity contribution in [2.24, 2.45) is 5.73 Å². The highest BCUT2D eigenvalue weighted by Gasteiger charge is 2.11. The van der Waals surface area contributed by atoms with Gasteiger partial charge in [-0.1, -0.05) is 18.3 Å². The van der Waals surface area contributed by atoms with E-state index in [-0.39, 0.29) is 16.1 Å². The van der Waals surface area contributed by atoms with Gasteiger partial charge in [0, 0.05) is 11.6 Å².